The molecule has 0 aromatic heterocycles. The van der Waals surface area contributed by atoms with Gasteiger partial charge in [-0.2, -0.15) is 0 Å². The van der Waals surface area contributed by atoms with Crippen molar-refractivity contribution in [1.29, 1.82) is 0 Å². The number of nitrogens with one attached hydrogen (secondary N) is 1. The molecule has 1 unspecified atom stereocenters. The van der Waals surface area contributed by atoms with Crippen LogP contribution in [0.5, 0.6) is 5.75 Å². The van der Waals surface area contributed by atoms with E-state index in [0.717, 1.165) is 18.6 Å². The first kappa shape index (κ1) is 17.1. The summed E-state index contributed by atoms with van der Waals surface area (Å²) in [6.45, 7) is 2.69. The third kappa shape index (κ3) is 5.13. The standard InChI is InChI=1S/C20H25NO2/c1-3-8-20(22)21-14-13-19(16-9-5-4-6-10-16)17-11-7-12-18(15-17)23-2/h4-7,9-12,15,19H,3,8,13-14H2,1-2H3,(H,21,22). The van der Waals surface area contributed by atoms with Crippen molar-refractivity contribution in [2.75, 3.05) is 13.7 Å². The van der Waals surface area contributed by atoms with Crippen molar-refractivity contribution in [2.45, 2.75) is 32.1 Å². The molecule has 0 spiro atoms. The normalized spacial score (nSPS) is 11.7. The number of hydrogen-bond donors (Lipinski definition) is 1. The molecule has 0 aliphatic rings. The van der Waals surface area contributed by atoms with Crippen molar-refractivity contribution in [3.63, 3.8) is 0 Å². The highest BCUT2D eigenvalue weighted by molar-refractivity contribution is 5.75. The SMILES string of the molecule is CCCC(=O)NCCC(c1ccccc1)c1cccc(OC)c1. The van der Waals surface area contributed by atoms with Crippen molar-refractivity contribution >= 4 is 5.91 Å². The van der Waals surface area contributed by atoms with Gasteiger partial charge in [0.05, 0.1) is 7.11 Å². The van der Waals surface area contributed by atoms with Gasteiger partial charge in [0.15, 0.2) is 0 Å². The van der Waals surface area contributed by atoms with E-state index in [4.69, 9.17) is 4.74 Å². The van der Waals surface area contributed by atoms with Gasteiger partial charge in [-0.15, -0.1) is 0 Å². The summed E-state index contributed by atoms with van der Waals surface area (Å²) in [6.07, 6.45) is 2.34. The van der Waals surface area contributed by atoms with Crippen LogP contribution in [-0.2, 0) is 4.79 Å². The summed E-state index contributed by atoms with van der Waals surface area (Å²) in [5.41, 5.74) is 2.46. The number of methoxy groups -OCH3 is 1. The van der Waals surface area contributed by atoms with Crippen LogP contribution in [0.25, 0.3) is 0 Å². The van der Waals surface area contributed by atoms with Gasteiger partial charge in [0.2, 0.25) is 5.91 Å². The second-order valence-electron chi connectivity index (χ2n) is 5.63. The lowest BCUT2D eigenvalue weighted by Crippen LogP contribution is -2.25. The van der Waals surface area contributed by atoms with Crippen LogP contribution in [0.3, 0.4) is 0 Å². The molecular formula is C20H25NO2. The van der Waals surface area contributed by atoms with Crippen LogP contribution in [0, 0.1) is 0 Å². The second-order valence-corrected chi connectivity index (χ2v) is 5.63. The molecule has 0 radical (unpaired) electrons. The zero-order valence-electron chi connectivity index (χ0n) is 13.9. The molecule has 1 N–H and O–H groups in total. The first-order chi connectivity index (χ1) is 11.2. The Morgan fingerprint density at radius 3 is 2.52 bits per heavy atom. The average Bonchev–Trinajstić information content (AvgIpc) is 2.60. The fraction of sp³-hybridized carbons (Fsp3) is 0.350. The van der Waals surface area contributed by atoms with Gasteiger partial charge in [-0.05, 0) is 36.1 Å². The predicted molar refractivity (Wildman–Crippen MR) is 93.8 cm³/mol. The van der Waals surface area contributed by atoms with Gasteiger partial charge >= 0.3 is 0 Å². The number of benzene rings is 2. The molecule has 23 heavy (non-hydrogen) atoms. The Balaban J connectivity index is 2.14. The van der Waals surface area contributed by atoms with E-state index >= 15 is 0 Å². The van der Waals surface area contributed by atoms with Gasteiger partial charge in [0.1, 0.15) is 5.75 Å². The van der Waals surface area contributed by atoms with E-state index in [1.165, 1.54) is 11.1 Å². The van der Waals surface area contributed by atoms with Crippen LogP contribution >= 0.6 is 0 Å². The van der Waals surface area contributed by atoms with Crippen LogP contribution in [-0.4, -0.2) is 19.6 Å². The molecule has 1 amide bonds. The van der Waals surface area contributed by atoms with E-state index in [1.807, 2.05) is 25.1 Å². The van der Waals surface area contributed by atoms with Crippen molar-refractivity contribution < 1.29 is 9.53 Å². The summed E-state index contributed by atoms with van der Waals surface area (Å²) in [7, 11) is 1.68. The van der Waals surface area contributed by atoms with Crippen molar-refractivity contribution in [3.8, 4) is 5.75 Å². The van der Waals surface area contributed by atoms with Crippen LogP contribution in [0.2, 0.25) is 0 Å². The molecule has 0 heterocycles. The largest absolute Gasteiger partial charge is 0.497 e. The minimum Gasteiger partial charge on any atom is -0.497 e. The van der Waals surface area contributed by atoms with E-state index in [1.54, 1.807) is 7.11 Å². The number of ether oxygens (including phenoxy) is 1. The quantitative estimate of drug-likeness (QED) is 0.796. The zero-order valence-corrected chi connectivity index (χ0v) is 13.9. The molecule has 3 heteroatoms. The van der Waals surface area contributed by atoms with Crippen LogP contribution in [0.4, 0.5) is 0 Å². The molecule has 0 saturated carbocycles. The van der Waals surface area contributed by atoms with E-state index in [0.29, 0.717) is 13.0 Å². The number of rotatable bonds is 8. The monoisotopic (exact) mass is 311 g/mol. The van der Waals surface area contributed by atoms with Gasteiger partial charge < -0.3 is 10.1 Å². The van der Waals surface area contributed by atoms with Crippen LogP contribution < -0.4 is 10.1 Å². The summed E-state index contributed by atoms with van der Waals surface area (Å²) in [5.74, 6) is 1.23. The van der Waals surface area contributed by atoms with Crippen molar-refractivity contribution in [3.05, 3.63) is 65.7 Å². The maximum Gasteiger partial charge on any atom is 0.219 e. The Labute approximate surface area is 138 Å². The highest BCUT2D eigenvalue weighted by Crippen LogP contribution is 2.29. The minimum atomic E-state index is 0.130. The lowest BCUT2D eigenvalue weighted by molar-refractivity contribution is -0.121. The van der Waals surface area contributed by atoms with Gasteiger partial charge in [-0.1, -0.05) is 49.4 Å². The molecule has 0 aliphatic carbocycles. The minimum absolute atomic E-state index is 0.130. The summed E-state index contributed by atoms with van der Waals surface area (Å²) in [6, 6.07) is 18.6. The number of hydrogen-bond acceptors (Lipinski definition) is 2. The van der Waals surface area contributed by atoms with Crippen molar-refractivity contribution in [1.82, 2.24) is 5.32 Å². The first-order valence-electron chi connectivity index (χ1n) is 8.20. The maximum atomic E-state index is 11.7. The third-order valence-electron chi connectivity index (χ3n) is 3.93. The predicted octanol–water partition coefficient (Wildman–Crippen LogP) is 4.13. The Bertz CT molecular complexity index is 610. The highest BCUT2D eigenvalue weighted by atomic mass is 16.5. The Morgan fingerprint density at radius 1 is 1.09 bits per heavy atom. The topological polar surface area (TPSA) is 38.3 Å². The molecule has 0 saturated heterocycles. The third-order valence-corrected chi connectivity index (χ3v) is 3.93. The number of carbonyl (C=O) groups excluding carboxylic acids is 1. The summed E-state index contributed by atoms with van der Waals surface area (Å²) in [5, 5.41) is 3.01. The maximum absolute atomic E-state index is 11.7. The molecule has 1 atom stereocenters. The highest BCUT2D eigenvalue weighted by Gasteiger charge is 2.15. The lowest BCUT2D eigenvalue weighted by atomic mass is 9.88. The molecule has 2 aromatic rings. The summed E-state index contributed by atoms with van der Waals surface area (Å²) in [4.78, 5) is 11.7. The van der Waals surface area contributed by atoms with E-state index in [-0.39, 0.29) is 11.8 Å². The molecular weight excluding hydrogens is 286 g/mol. The number of amides is 1. The van der Waals surface area contributed by atoms with Gasteiger partial charge in [-0.3, -0.25) is 4.79 Å². The Kier molecular flexibility index (Phi) is 6.67. The van der Waals surface area contributed by atoms with E-state index in [9.17, 15) is 4.79 Å². The van der Waals surface area contributed by atoms with Crippen molar-refractivity contribution in [2.24, 2.45) is 0 Å². The molecule has 122 valence electrons. The molecule has 0 bridgehead atoms. The molecule has 3 nitrogen and oxygen atoms in total. The first-order valence-corrected chi connectivity index (χ1v) is 8.20. The van der Waals surface area contributed by atoms with Gasteiger partial charge in [-0.25, -0.2) is 0 Å². The van der Waals surface area contributed by atoms with E-state index < -0.39 is 0 Å². The Hall–Kier alpha value is -2.29. The fourth-order valence-electron chi connectivity index (χ4n) is 2.74. The second kappa shape index (κ2) is 8.99. The molecule has 0 aliphatic heterocycles. The molecule has 2 aromatic carbocycles. The van der Waals surface area contributed by atoms with Crippen LogP contribution in [0.15, 0.2) is 54.6 Å². The van der Waals surface area contributed by atoms with Crippen LogP contribution in [0.1, 0.15) is 43.2 Å². The number of carbonyl (C=O) groups is 1. The van der Waals surface area contributed by atoms with Gasteiger partial charge in [0, 0.05) is 18.9 Å². The smallest absolute Gasteiger partial charge is 0.219 e. The molecule has 0 fully saturated rings. The fourth-order valence-corrected chi connectivity index (χ4v) is 2.74. The summed E-state index contributed by atoms with van der Waals surface area (Å²) < 4.78 is 5.35. The average molecular weight is 311 g/mol. The lowest BCUT2D eigenvalue weighted by Gasteiger charge is -2.19. The zero-order chi connectivity index (χ0) is 16.5. The molecule has 2 rings (SSSR count). The Morgan fingerprint density at radius 2 is 1.83 bits per heavy atom. The summed E-state index contributed by atoms with van der Waals surface area (Å²) >= 11 is 0. The van der Waals surface area contributed by atoms with E-state index in [2.05, 4.69) is 41.7 Å². The van der Waals surface area contributed by atoms with Gasteiger partial charge in [0.25, 0.3) is 0 Å².